The van der Waals surface area contributed by atoms with Crippen molar-refractivity contribution in [3.05, 3.63) is 118 Å². The Hall–Kier alpha value is -4.22. The van der Waals surface area contributed by atoms with E-state index >= 15 is 0 Å². The van der Waals surface area contributed by atoms with Crippen molar-refractivity contribution in [2.24, 2.45) is 0 Å². The molecule has 4 aromatic carbocycles. The molecule has 0 spiro atoms. The summed E-state index contributed by atoms with van der Waals surface area (Å²) in [6.07, 6.45) is 1.63. The quantitative estimate of drug-likeness (QED) is 0.128. The van der Waals surface area contributed by atoms with Crippen LogP contribution in [0.25, 0.3) is 22.3 Å². The molecule has 5 heteroatoms. The minimum absolute atomic E-state index is 0.133. The maximum Gasteiger partial charge on any atom is 0.316 e. The number of carbonyl (C=O) groups is 2. The largest absolute Gasteiger partial charge is 0.463 e. The highest BCUT2D eigenvalue weighted by Crippen LogP contribution is 2.43. The molecule has 43 heavy (non-hydrogen) atoms. The summed E-state index contributed by atoms with van der Waals surface area (Å²) in [5.74, 6) is -0.572. The first-order chi connectivity index (χ1) is 20.7. The molecule has 0 saturated carbocycles. The third-order valence-corrected chi connectivity index (χ3v) is 8.99. The summed E-state index contributed by atoms with van der Waals surface area (Å²) >= 11 is 0. The summed E-state index contributed by atoms with van der Waals surface area (Å²) < 4.78 is 16.9. The van der Waals surface area contributed by atoms with Gasteiger partial charge in [0.25, 0.3) is 0 Å². The second kappa shape index (κ2) is 11.5. The van der Waals surface area contributed by atoms with Gasteiger partial charge in [-0.3, -0.25) is 9.59 Å². The third kappa shape index (κ3) is 5.27. The van der Waals surface area contributed by atoms with Crippen LogP contribution in [0.3, 0.4) is 0 Å². The third-order valence-electron chi connectivity index (χ3n) is 8.99. The van der Waals surface area contributed by atoms with E-state index in [-0.39, 0.29) is 38.4 Å². The first kappa shape index (κ1) is 28.9. The molecule has 0 radical (unpaired) electrons. The molecule has 0 aliphatic heterocycles. The second-order valence-electron chi connectivity index (χ2n) is 12.5. The SMILES string of the molecule is CC(C)(C(=O)OCCOCCOC(=O)C(C)(C)c1cccc2c1Cc1ccccc1-2)c1cccc2c1Cc1ccccc1-2. The number of esters is 2. The van der Waals surface area contributed by atoms with Crippen molar-refractivity contribution in [2.75, 3.05) is 26.4 Å². The van der Waals surface area contributed by atoms with Crippen LogP contribution < -0.4 is 0 Å². The van der Waals surface area contributed by atoms with Gasteiger partial charge in [-0.2, -0.15) is 0 Å². The Balaban J connectivity index is 0.974. The van der Waals surface area contributed by atoms with Gasteiger partial charge in [-0.15, -0.1) is 0 Å². The van der Waals surface area contributed by atoms with Crippen LogP contribution in [0.4, 0.5) is 0 Å². The molecule has 0 fully saturated rings. The van der Waals surface area contributed by atoms with Crippen molar-refractivity contribution in [3.63, 3.8) is 0 Å². The Bertz CT molecular complexity index is 1570. The van der Waals surface area contributed by atoms with E-state index in [0.717, 1.165) is 24.0 Å². The molecule has 6 rings (SSSR count). The lowest BCUT2D eigenvalue weighted by Gasteiger charge is -2.26. The maximum atomic E-state index is 13.2. The topological polar surface area (TPSA) is 61.8 Å². The van der Waals surface area contributed by atoms with Gasteiger partial charge in [0, 0.05) is 0 Å². The maximum absolute atomic E-state index is 13.2. The number of hydrogen-bond acceptors (Lipinski definition) is 5. The molecule has 0 atom stereocenters. The van der Waals surface area contributed by atoms with E-state index < -0.39 is 10.8 Å². The smallest absolute Gasteiger partial charge is 0.316 e. The van der Waals surface area contributed by atoms with Gasteiger partial charge in [0.1, 0.15) is 13.2 Å². The fourth-order valence-electron chi connectivity index (χ4n) is 6.56. The summed E-state index contributed by atoms with van der Waals surface area (Å²) in [6.45, 7) is 8.37. The lowest BCUT2D eigenvalue weighted by molar-refractivity contribution is -0.152. The van der Waals surface area contributed by atoms with Crippen LogP contribution in [0.5, 0.6) is 0 Å². The van der Waals surface area contributed by atoms with E-state index in [1.165, 1.54) is 44.5 Å². The van der Waals surface area contributed by atoms with Crippen molar-refractivity contribution in [2.45, 2.75) is 51.4 Å². The molecule has 220 valence electrons. The van der Waals surface area contributed by atoms with E-state index in [4.69, 9.17) is 14.2 Å². The first-order valence-corrected chi connectivity index (χ1v) is 15.0. The molecule has 0 unspecified atom stereocenters. The van der Waals surface area contributed by atoms with E-state index in [9.17, 15) is 9.59 Å². The number of fused-ring (bicyclic) bond motifs is 6. The summed E-state index contributed by atoms with van der Waals surface area (Å²) in [4.78, 5) is 26.3. The van der Waals surface area contributed by atoms with Crippen LogP contribution in [0.1, 0.15) is 61.1 Å². The molecule has 0 saturated heterocycles. The van der Waals surface area contributed by atoms with Crippen LogP contribution in [0.2, 0.25) is 0 Å². The highest BCUT2D eigenvalue weighted by Gasteiger charge is 2.37. The van der Waals surface area contributed by atoms with Gasteiger partial charge in [0.2, 0.25) is 0 Å². The Morgan fingerprint density at radius 1 is 0.535 bits per heavy atom. The molecule has 0 N–H and O–H groups in total. The van der Waals surface area contributed by atoms with E-state index in [1.54, 1.807) is 0 Å². The van der Waals surface area contributed by atoms with Gasteiger partial charge >= 0.3 is 11.9 Å². The van der Waals surface area contributed by atoms with Crippen LogP contribution in [0, 0.1) is 0 Å². The van der Waals surface area contributed by atoms with Crippen LogP contribution in [-0.4, -0.2) is 38.4 Å². The summed E-state index contributed by atoms with van der Waals surface area (Å²) in [7, 11) is 0. The Morgan fingerprint density at radius 2 is 0.930 bits per heavy atom. The minimum Gasteiger partial charge on any atom is -0.463 e. The van der Waals surface area contributed by atoms with Crippen molar-refractivity contribution >= 4 is 11.9 Å². The summed E-state index contributed by atoms with van der Waals surface area (Å²) in [6, 6.07) is 29.1. The van der Waals surface area contributed by atoms with Crippen molar-refractivity contribution in [1.29, 1.82) is 0 Å². The molecule has 2 aliphatic rings. The van der Waals surface area contributed by atoms with Gasteiger partial charge < -0.3 is 14.2 Å². The first-order valence-electron chi connectivity index (χ1n) is 15.0. The number of carbonyl (C=O) groups excluding carboxylic acids is 2. The monoisotopic (exact) mass is 574 g/mol. The zero-order chi connectivity index (χ0) is 30.2. The van der Waals surface area contributed by atoms with Gasteiger partial charge in [-0.05, 0) is 96.2 Å². The van der Waals surface area contributed by atoms with Crippen LogP contribution in [0.15, 0.2) is 84.9 Å². The molecule has 5 nitrogen and oxygen atoms in total. The normalized spacial score (nSPS) is 13.1. The summed E-state index contributed by atoms with van der Waals surface area (Å²) in [5.41, 5.74) is 10.2. The molecule has 0 aromatic heterocycles. The van der Waals surface area contributed by atoms with Crippen molar-refractivity contribution < 1.29 is 23.8 Å². The lowest BCUT2D eigenvalue weighted by atomic mass is 9.80. The predicted octanol–water partition coefficient (Wildman–Crippen LogP) is 7.19. The number of rotatable bonds is 10. The number of ether oxygens (including phenoxy) is 3. The second-order valence-corrected chi connectivity index (χ2v) is 12.5. The Kier molecular flexibility index (Phi) is 7.70. The van der Waals surface area contributed by atoms with Gasteiger partial charge in [0.15, 0.2) is 0 Å². The van der Waals surface area contributed by atoms with Crippen LogP contribution >= 0.6 is 0 Å². The molecule has 0 bridgehead atoms. The van der Waals surface area contributed by atoms with Gasteiger partial charge in [-0.25, -0.2) is 0 Å². The van der Waals surface area contributed by atoms with Gasteiger partial charge in [-0.1, -0.05) is 84.9 Å². The van der Waals surface area contributed by atoms with Crippen LogP contribution in [-0.2, 0) is 47.5 Å². The Morgan fingerprint density at radius 3 is 1.37 bits per heavy atom. The van der Waals surface area contributed by atoms with E-state index in [2.05, 4.69) is 60.7 Å². The molecule has 0 amide bonds. The number of benzene rings is 4. The predicted molar refractivity (Wildman–Crippen MR) is 168 cm³/mol. The van der Waals surface area contributed by atoms with Crippen molar-refractivity contribution in [3.8, 4) is 22.3 Å². The zero-order valence-electron chi connectivity index (χ0n) is 25.4. The van der Waals surface area contributed by atoms with Crippen molar-refractivity contribution in [1.82, 2.24) is 0 Å². The molecule has 0 heterocycles. The average Bonchev–Trinajstić information content (AvgIpc) is 3.58. The zero-order valence-corrected chi connectivity index (χ0v) is 25.4. The van der Waals surface area contributed by atoms with E-state index in [1.807, 2.05) is 52.0 Å². The highest BCUT2D eigenvalue weighted by molar-refractivity contribution is 5.87. The van der Waals surface area contributed by atoms with Gasteiger partial charge in [0.05, 0.1) is 24.0 Å². The molecular formula is C38H38O5. The minimum atomic E-state index is -0.798. The molecule has 2 aliphatic carbocycles. The standard InChI is InChI=1S/C38H38O5/c1-37(2,33-17-9-15-29-27-13-7-5-11-25(27)23-31(29)33)35(39)42-21-19-41-20-22-43-36(40)38(3,4)34-18-10-16-30-28-14-8-6-12-26(28)24-32(30)34/h5-18H,19-24H2,1-4H3. The molecular weight excluding hydrogens is 536 g/mol. The number of hydrogen-bond donors (Lipinski definition) is 0. The molecule has 4 aromatic rings. The fourth-order valence-corrected chi connectivity index (χ4v) is 6.56. The van der Waals surface area contributed by atoms with E-state index in [0.29, 0.717) is 0 Å². The summed E-state index contributed by atoms with van der Waals surface area (Å²) in [5, 5.41) is 0. The highest BCUT2D eigenvalue weighted by atomic mass is 16.6. The fraction of sp³-hybridized carbons (Fsp3) is 0.316. The Labute approximate surface area is 253 Å². The average molecular weight is 575 g/mol. The lowest BCUT2D eigenvalue weighted by Crippen LogP contribution is -2.33.